The Bertz CT molecular complexity index is 395. The summed E-state index contributed by atoms with van der Waals surface area (Å²) in [7, 11) is 0. The van der Waals surface area contributed by atoms with Crippen molar-refractivity contribution in [3.05, 3.63) is 28.5 Å². The molecule has 0 heterocycles. The Morgan fingerprint density at radius 3 is 2.71 bits per heavy atom. The van der Waals surface area contributed by atoms with E-state index < -0.39 is 17.9 Å². The van der Waals surface area contributed by atoms with E-state index in [1.807, 2.05) is 0 Å². The lowest BCUT2D eigenvalue weighted by Gasteiger charge is -2.16. The molecule has 0 amide bonds. The van der Waals surface area contributed by atoms with Crippen molar-refractivity contribution in [1.29, 1.82) is 0 Å². The molecule has 0 aliphatic heterocycles. The van der Waals surface area contributed by atoms with Crippen LogP contribution in [0.4, 0.5) is 4.39 Å². The van der Waals surface area contributed by atoms with Crippen molar-refractivity contribution < 1.29 is 18.7 Å². The fourth-order valence-corrected chi connectivity index (χ4v) is 1.59. The minimum atomic E-state index is -0.773. The quantitative estimate of drug-likeness (QED) is 0.783. The molecule has 0 aromatic heterocycles. The van der Waals surface area contributed by atoms with Gasteiger partial charge in [0.2, 0.25) is 0 Å². The maximum atomic E-state index is 13.5. The Kier molecular flexibility index (Phi) is 5.41. The number of halogens is 2. The predicted molar refractivity (Wildman–Crippen MR) is 65.4 cm³/mol. The topological polar surface area (TPSA) is 35.5 Å². The molecule has 5 heteroatoms. The van der Waals surface area contributed by atoms with Gasteiger partial charge in [-0.1, -0.05) is 22.9 Å². The molecule has 0 aliphatic rings. The van der Waals surface area contributed by atoms with E-state index in [1.165, 1.54) is 12.1 Å². The van der Waals surface area contributed by atoms with Gasteiger partial charge < -0.3 is 9.47 Å². The van der Waals surface area contributed by atoms with Crippen LogP contribution in [0, 0.1) is 5.82 Å². The van der Waals surface area contributed by atoms with Gasteiger partial charge in [0.05, 0.1) is 6.61 Å². The van der Waals surface area contributed by atoms with E-state index in [-0.39, 0.29) is 12.4 Å². The molecule has 0 saturated carbocycles. The van der Waals surface area contributed by atoms with Gasteiger partial charge in [0.15, 0.2) is 17.7 Å². The SMILES string of the molecule is CCOC(=O)C(CC)Oc1ccc(Br)cc1F. The lowest BCUT2D eigenvalue weighted by atomic mass is 10.2. The lowest BCUT2D eigenvalue weighted by molar-refractivity contribution is -0.151. The number of carbonyl (C=O) groups excluding carboxylic acids is 1. The Morgan fingerprint density at radius 1 is 1.47 bits per heavy atom. The summed E-state index contributed by atoms with van der Waals surface area (Å²) in [6.07, 6.45) is -0.348. The van der Waals surface area contributed by atoms with E-state index >= 15 is 0 Å². The minimum Gasteiger partial charge on any atom is -0.476 e. The van der Waals surface area contributed by atoms with Crippen LogP contribution in [0.1, 0.15) is 20.3 Å². The molecule has 3 nitrogen and oxygen atoms in total. The molecule has 0 aliphatic carbocycles. The second-order valence-electron chi connectivity index (χ2n) is 3.34. The van der Waals surface area contributed by atoms with Gasteiger partial charge in [0, 0.05) is 4.47 Å². The van der Waals surface area contributed by atoms with Crippen LogP contribution in [0.15, 0.2) is 22.7 Å². The molecule has 17 heavy (non-hydrogen) atoms. The van der Waals surface area contributed by atoms with Crippen molar-refractivity contribution in [1.82, 2.24) is 0 Å². The van der Waals surface area contributed by atoms with E-state index in [0.29, 0.717) is 10.9 Å². The molecule has 0 radical (unpaired) electrons. The summed E-state index contributed by atoms with van der Waals surface area (Å²) in [4.78, 5) is 11.5. The van der Waals surface area contributed by atoms with Gasteiger partial charge in [0.25, 0.3) is 0 Å². The number of rotatable bonds is 5. The maximum Gasteiger partial charge on any atom is 0.347 e. The van der Waals surface area contributed by atoms with Crippen LogP contribution in [-0.2, 0) is 9.53 Å². The highest BCUT2D eigenvalue weighted by Gasteiger charge is 2.20. The van der Waals surface area contributed by atoms with Crippen molar-refractivity contribution in [2.75, 3.05) is 6.61 Å². The molecule has 0 N–H and O–H groups in total. The molecule has 1 rings (SSSR count). The first kappa shape index (κ1) is 14.0. The number of hydrogen-bond donors (Lipinski definition) is 0. The fourth-order valence-electron chi connectivity index (χ4n) is 1.26. The smallest absolute Gasteiger partial charge is 0.347 e. The van der Waals surface area contributed by atoms with Crippen molar-refractivity contribution in [3.63, 3.8) is 0 Å². The molecule has 0 spiro atoms. The van der Waals surface area contributed by atoms with Gasteiger partial charge in [0.1, 0.15) is 0 Å². The van der Waals surface area contributed by atoms with Gasteiger partial charge in [-0.15, -0.1) is 0 Å². The number of hydrogen-bond acceptors (Lipinski definition) is 3. The van der Waals surface area contributed by atoms with E-state index in [4.69, 9.17) is 9.47 Å². The Labute approximate surface area is 108 Å². The third-order valence-electron chi connectivity index (χ3n) is 2.08. The molecule has 1 aromatic rings. The zero-order valence-corrected chi connectivity index (χ0v) is 11.3. The number of esters is 1. The van der Waals surface area contributed by atoms with Crippen molar-refractivity contribution in [2.24, 2.45) is 0 Å². The Morgan fingerprint density at radius 2 is 2.18 bits per heavy atom. The average molecular weight is 305 g/mol. The molecule has 0 bridgehead atoms. The first-order valence-electron chi connectivity index (χ1n) is 5.36. The lowest BCUT2D eigenvalue weighted by Crippen LogP contribution is -2.29. The van der Waals surface area contributed by atoms with Crippen LogP contribution >= 0.6 is 15.9 Å². The standard InChI is InChI=1S/C12H14BrFO3/c1-3-10(12(15)16-4-2)17-11-6-5-8(13)7-9(11)14/h5-7,10H,3-4H2,1-2H3. The van der Waals surface area contributed by atoms with Gasteiger partial charge in [-0.2, -0.15) is 0 Å². The largest absolute Gasteiger partial charge is 0.476 e. The molecule has 0 saturated heterocycles. The van der Waals surface area contributed by atoms with E-state index in [0.717, 1.165) is 0 Å². The monoisotopic (exact) mass is 304 g/mol. The predicted octanol–water partition coefficient (Wildman–Crippen LogP) is 3.31. The molecule has 1 aromatic carbocycles. The highest BCUT2D eigenvalue weighted by atomic mass is 79.9. The maximum absolute atomic E-state index is 13.5. The number of benzene rings is 1. The molecule has 1 unspecified atom stereocenters. The fraction of sp³-hybridized carbons (Fsp3) is 0.417. The molecule has 1 atom stereocenters. The summed E-state index contributed by atoms with van der Waals surface area (Å²) in [6.45, 7) is 3.77. The van der Waals surface area contributed by atoms with Gasteiger partial charge >= 0.3 is 5.97 Å². The van der Waals surface area contributed by atoms with Crippen LogP contribution < -0.4 is 4.74 Å². The number of carbonyl (C=O) groups is 1. The summed E-state index contributed by atoms with van der Waals surface area (Å²) < 4.78 is 24.2. The van der Waals surface area contributed by atoms with E-state index in [2.05, 4.69) is 15.9 Å². The van der Waals surface area contributed by atoms with Crippen LogP contribution in [0.5, 0.6) is 5.75 Å². The Balaban J connectivity index is 2.77. The second-order valence-corrected chi connectivity index (χ2v) is 4.26. The molecule has 94 valence electrons. The van der Waals surface area contributed by atoms with Crippen LogP contribution in [-0.4, -0.2) is 18.7 Å². The van der Waals surface area contributed by atoms with Crippen LogP contribution in [0.25, 0.3) is 0 Å². The zero-order chi connectivity index (χ0) is 12.8. The van der Waals surface area contributed by atoms with Crippen molar-refractivity contribution >= 4 is 21.9 Å². The summed E-state index contributed by atoms with van der Waals surface area (Å²) in [6, 6.07) is 4.41. The second kappa shape index (κ2) is 6.59. The summed E-state index contributed by atoms with van der Waals surface area (Å²) in [5, 5.41) is 0. The summed E-state index contributed by atoms with van der Waals surface area (Å²) >= 11 is 3.15. The normalized spacial score (nSPS) is 12.0. The first-order valence-corrected chi connectivity index (χ1v) is 6.16. The van der Waals surface area contributed by atoms with E-state index in [1.54, 1.807) is 19.9 Å². The highest BCUT2D eigenvalue weighted by Crippen LogP contribution is 2.23. The third kappa shape index (κ3) is 4.00. The Hall–Kier alpha value is -1.10. The van der Waals surface area contributed by atoms with Gasteiger partial charge in [-0.25, -0.2) is 9.18 Å². The zero-order valence-electron chi connectivity index (χ0n) is 9.70. The van der Waals surface area contributed by atoms with E-state index in [9.17, 15) is 9.18 Å². The average Bonchev–Trinajstić information content (AvgIpc) is 2.28. The highest BCUT2D eigenvalue weighted by molar-refractivity contribution is 9.10. The van der Waals surface area contributed by atoms with Crippen LogP contribution in [0.2, 0.25) is 0 Å². The summed E-state index contributed by atoms with van der Waals surface area (Å²) in [5.74, 6) is -0.937. The van der Waals surface area contributed by atoms with Crippen LogP contribution in [0.3, 0.4) is 0 Å². The molecular weight excluding hydrogens is 291 g/mol. The van der Waals surface area contributed by atoms with Gasteiger partial charge in [-0.3, -0.25) is 0 Å². The first-order chi connectivity index (χ1) is 8.08. The summed E-state index contributed by atoms with van der Waals surface area (Å²) in [5.41, 5.74) is 0. The van der Waals surface area contributed by atoms with Crippen molar-refractivity contribution in [3.8, 4) is 5.75 Å². The van der Waals surface area contributed by atoms with Crippen molar-refractivity contribution in [2.45, 2.75) is 26.4 Å². The molecular formula is C12H14BrFO3. The minimum absolute atomic E-state index is 0.0492. The number of ether oxygens (including phenoxy) is 2. The third-order valence-corrected chi connectivity index (χ3v) is 2.58. The van der Waals surface area contributed by atoms with Gasteiger partial charge in [-0.05, 0) is 31.5 Å². The molecule has 0 fully saturated rings.